The monoisotopic (exact) mass is 393 g/mol. The predicted octanol–water partition coefficient (Wildman–Crippen LogP) is 3.22. The summed E-state index contributed by atoms with van der Waals surface area (Å²) in [7, 11) is 0.589. The molecule has 7 heteroatoms. The molecule has 143 valence electrons. The van der Waals surface area contributed by atoms with Crippen LogP contribution in [0.4, 0.5) is 11.4 Å². The fraction of sp³-hybridized carbons (Fsp3) is 0.190. The quantitative estimate of drug-likeness (QED) is 0.751. The lowest BCUT2D eigenvalue weighted by atomic mass is 10.0. The molecule has 1 aliphatic heterocycles. The van der Waals surface area contributed by atoms with Gasteiger partial charge in [0.05, 0.1) is 16.5 Å². The van der Waals surface area contributed by atoms with E-state index in [0.29, 0.717) is 16.8 Å². The van der Waals surface area contributed by atoms with Crippen LogP contribution in [-0.2, 0) is 16.3 Å². The first-order valence-electron chi connectivity index (χ1n) is 8.70. The van der Waals surface area contributed by atoms with E-state index in [1.165, 1.54) is 5.41 Å². The lowest BCUT2D eigenvalue weighted by molar-refractivity contribution is 0.413. The van der Waals surface area contributed by atoms with Crippen LogP contribution in [0.1, 0.15) is 16.7 Å². The Morgan fingerprint density at radius 2 is 1.82 bits per heavy atom. The summed E-state index contributed by atoms with van der Waals surface area (Å²) in [6, 6.07) is 12.7. The maximum atomic E-state index is 12.0. The van der Waals surface area contributed by atoms with Crippen LogP contribution in [0.3, 0.4) is 0 Å². The van der Waals surface area contributed by atoms with Crippen LogP contribution in [0.2, 0.25) is 0 Å². The van der Waals surface area contributed by atoms with Crippen molar-refractivity contribution in [2.24, 2.45) is 0 Å². The third-order valence-electron chi connectivity index (χ3n) is 4.36. The van der Waals surface area contributed by atoms with E-state index in [0.717, 1.165) is 24.2 Å². The van der Waals surface area contributed by atoms with Crippen LogP contribution in [0.5, 0.6) is 0 Å². The maximum absolute atomic E-state index is 12.0. The van der Waals surface area contributed by atoms with Gasteiger partial charge >= 0.3 is 0 Å². The molecule has 3 rings (SSSR count). The summed E-state index contributed by atoms with van der Waals surface area (Å²) in [6.07, 6.45) is 2.32. The predicted molar refractivity (Wildman–Crippen MR) is 111 cm³/mol. The van der Waals surface area contributed by atoms with Crippen molar-refractivity contribution in [1.82, 2.24) is 4.90 Å². The SMILES string of the molecule is [CH]=C(Nc1ccc(C#N)c(CCN(C)C)c1)Nc1ccc2c(c1)S(=O)(=O)C=C2. The minimum atomic E-state index is -3.38. The number of rotatable bonds is 7. The van der Waals surface area contributed by atoms with Gasteiger partial charge in [-0.15, -0.1) is 0 Å². The second-order valence-corrected chi connectivity index (χ2v) is 8.60. The van der Waals surface area contributed by atoms with Crippen LogP contribution in [0.25, 0.3) is 6.08 Å². The molecule has 0 aromatic heterocycles. The Balaban J connectivity index is 1.72. The smallest absolute Gasteiger partial charge is 0.200 e. The molecule has 2 aromatic rings. The number of nitrogens with one attached hydrogen (secondary N) is 2. The summed E-state index contributed by atoms with van der Waals surface area (Å²) in [5.41, 5.74) is 3.54. The van der Waals surface area contributed by atoms with Crippen molar-refractivity contribution in [3.05, 3.63) is 70.9 Å². The topological polar surface area (TPSA) is 85.2 Å². The number of fused-ring (bicyclic) bond motifs is 1. The Morgan fingerprint density at radius 1 is 1.14 bits per heavy atom. The molecule has 6 nitrogen and oxygen atoms in total. The summed E-state index contributed by atoms with van der Waals surface area (Å²) >= 11 is 0. The van der Waals surface area contributed by atoms with Crippen molar-refractivity contribution in [2.75, 3.05) is 31.3 Å². The molecular formula is C21H21N4O2S. The van der Waals surface area contributed by atoms with Crippen molar-refractivity contribution in [2.45, 2.75) is 11.3 Å². The number of hydrogen-bond donors (Lipinski definition) is 2. The van der Waals surface area contributed by atoms with E-state index in [1.54, 1.807) is 36.4 Å². The van der Waals surface area contributed by atoms with Crippen molar-refractivity contribution in [3.63, 3.8) is 0 Å². The molecule has 1 radical (unpaired) electrons. The molecule has 0 saturated heterocycles. The van der Waals surface area contributed by atoms with Gasteiger partial charge in [0.2, 0.25) is 9.84 Å². The first kappa shape index (κ1) is 19.7. The van der Waals surface area contributed by atoms with Gasteiger partial charge in [-0.3, -0.25) is 0 Å². The lowest BCUT2D eigenvalue weighted by Crippen LogP contribution is -2.16. The van der Waals surface area contributed by atoms with E-state index in [4.69, 9.17) is 6.58 Å². The molecule has 0 fully saturated rings. The van der Waals surface area contributed by atoms with Gasteiger partial charge in [-0.1, -0.05) is 6.07 Å². The molecule has 2 N–H and O–H groups in total. The van der Waals surface area contributed by atoms with Crippen molar-refractivity contribution in [3.8, 4) is 6.07 Å². The number of hydrogen-bond acceptors (Lipinski definition) is 6. The number of sulfone groups is 1. The van der Waals surface area contributed by atoms with Crippen molar-refractivity contribution >= 4 is 27.3 Å². The van der Waals surface area contributed by atoms with E-state index in [9.17, 15) is 13.7 Å². The minimum absolute atomic E-state index is 0.256. The Labute approximate surface area is 165 Å². The summed E-state index contributed by atoms with van der Waals surface area (Å²) in [5.74, 6) is 0.256. The Hall–Kier alpha value is -3.08. The zero-order valence-corrected chi connectivity index (χ0v) is 16.5. The van der Waals surface area contributed by atoms with Gasteiger partial charge in [0.15, 0.2) is 0 Å². The molecule has 0 spiro atoms. The van der Waals surface area contributed by atoms with Crippen molar-refractivity contribution in [1.29, 1.82) is 5.26 Å². The van der Waals surface area contributed by atoms with E-state index in [1.807, 2.05) is 20.2 Å². The summed E-state index contributed by atoms with van der Waals surface area (Å²) in [5, 5.41) is 16.5. The molecule has 1 aliphatic rings. The van der Waals surface area contributed by atoms with E-state index >= 15 is 0 Å². The van der Waals surface area contributed by atoms with E-state index < -0.39 is 9.84 Å². The largest absolute Gasteiger partial charge is 0.342 e. The average molecular weight is 393 g/mol. The highest BCUT2D eigenvalue weighted by Gasteiger charge is 2.20. The van der Waals surface area contributed by atoms with Crippen molar-refractivity contribution < 1.29 is 8.42 Å². The van der Waals surface area contributed by atoms with Crippen LogP contribution in [0.15, 0.2) is 52.5 Å². The highest BCUT2D eigenvalue weighted by atomic mass is 32.2. The normalized spacial score (nSPS) is 13.8. The van der Waals surface area contributed by atoms with Gasteiger partial charge in [0.1, 0.15) is 5.82 Å². The zero-order valence-electron chi connectivity index (χ0n) is 15.7. The second kappa shape index (κ2) is 7.89. The van der Waals surface area contributed by atoms with Crippen LogP contribution in [-0.4, -0.2) is 34.0 Å². The zero-order chi connectivity index (χ0) is 20.3. The Kier molecular flexibility index (Phi) is 5.54. The molecule has 2 aromatic carbocycles. The fourth-order valence-electron chi connectivity index (χ4n) is 2.91. The highest BCUT2D eigenvalue weighted by molar-refractivity contribution is 7.94. The number of nitriles is 1. The van der Waals surface area contributed by atoms with Crippen LogP contribution >= 0.6 is 0 Å². The molecule has 0 unspecified atom stereocenters. The highest BCUT2D eigenvalue weighted by Crippen LogP contribution is 2.29. The number of nitrogens with zero attached hydrogens (tertiary/aromatic N) is 2. The third kappa shape index (κ3) is 4.42. The third-order valence-corrected chi connectivity index (χ3v) is 5.82. The van der Waals surface area contributed by atoms with Crippen LogP contribution < -0.4 is 10.6 Å². The molecule has 0 atom stereocenters. The summed E-state index contributed by atoms with van der Waals surface area (Å²) in [6.45, 7) is 6.88. The fourth-order valence-corrected chi connectivity index (χ4v) is 4.13. The second-order valence-electron chi connectivity index (χ2n) is 6.80. The standard InChI is InChI=1S/C21H21N4O2S/c1-15(24-20-6-4-16-9-11-28(26,27)21(16)13-20)23-19-7-5-18(14-22)17(12-19)8-10-25(2)3/h1,4-7,9,11-13,23-24H,8,10H2,2-3H3. The molecular weight excluding hydrogens is 372 g/mol. The van der Waals surface area contributed by atoms with Gasteiger partial charge < -0.3 is 15.5 Å². The maximum Gasteiger partial charge on any atom is 0.200 e. The molecule has 0 bridgehead atoms. The van der Waals surface area contributed by atoms with Gasteiger partial charge in [-0.05, 0) is 74.6 Å². The molecule has 0 aliphatic carbocycles. The van der Waals surface area contributed by atoms with Gasteiger partial charge in [-0.25, -0.2) is 8.42 Å². The summed E-state index contributed by atoms with van der Waals surface area (Å²) < 4.78 is 24.0. The lowest BCUT2D eigenvalue weighted by Gasteiger charge is -2.15. The van der Waals surface area contributed by atoms with E-state index in [2.05, 4.69) is 21.6 Å². The first-order valence-corrected chi connectivity index (χ1v) is 10.2. The minimum Gasteiger partial charge on any atom is -0.342 e. The number of likely N-dealkylation sites (N-methyl/N-ethyl adjacent to an activating group) is 1. The summed E-state index contributed by atoms with van der Waals surface area (Å²) in [4.78, 5) is 2.31. The van der Waals surface area contributed by atoms with Gasteiger partial charge in [0.25, 0.3) is 0 Å². The Bertz CT molecular complexity index is 1100. The van der Waals surface area contributed by atoms with Crippen LogP contribution in [0, 0.1) is 17.9 Å². The van der Waals surface area contributed by atoms with E-state index in [-0.39, 0.29) is 10.7 Å². The number of benzene rings is 2. The number of anilines is 2. The molecule has 1 heterocycles. The Morgan fingerprint density at radius 3 is 2.50 bits per heavy atom. The molecule has 0 amide bonds. The molecule has 0 saturated carbocycles. The first-order chi connectivity index (χ1) is 13.3. The van der Waals surface area contributed by atoms with Gasteiger partial charge in [-0.2, -0.15) is 5.26 Å². The van der Waals surface area contributed by atoms with Gasteiger partial charge in [0, 0.05) is 23.3 Å². The molecule has 28 heavy (non-hydrogen) atoms. The average Bonchev–Trinajstić information content (AvgIpc) is 2.94.